The van der Waals surface area contributed by atoms with Crippen LogP contribution in [0.15, 0.2) is 12.7 Å². The molecule has 0 fully saturated rings. The summed E-state index contributed by atoms with van der Waals surface area (Å²) in [6, 6.07) is 0. The third kappa shape index (κ3) is 6.34. The Bertz CT molecular complexity index is 176. The highest BCUT2D eigenvalue weighted by Gasteiger charge is 2.17. The lowest BCUT2D eigenvalue weighted by Gasteiger charge is -2.24. The fourth-order valence-corrected chi connectivity index (χ4v) is 1.04. The van der Waals surface area contributed by atoms with Gasteiger partial charge in [-0.25, -0.2) is 0 Å². The molecule has 0 aliphatic rings. The molecule has 0 aliphatic carbocycles. The molecule has 13 heavy (non-hydrogen) atoms. The molecule has 0 heterocycles. The number of carbonyl (C=O) groups excluding carboxylic acids is 1. The number of hydrogen-bond acceptors (Lipinski definition) is 2. The van der Waals surface area contributed by atoms with E-state index in [-0.39, 0.29) is 17.9 Å². The van der Waals surface area contributed by atoms with E-state index in [1.165, 1.54) is 6.08 Å². The maximum absolute atomic E-state index is 10.9. The van der Waals surface area contributed by atoms with Gasteiger partial charge in [0.05, 0.1) is 0 Å². The van der Waals surface area contributed by atoms with Crippen molar-refractivity contribution in [2.45, 2.75) is 26.7 Å². The molecule has 0 radical (unpaired) electrons. The SMILES string of the molecule is C=CC(=O)NCC(C)(C)CCCO. The first-order valence-corrected chi connectivity index (χ1v) is 4.53. The van der Waals surface area contributed by atoms with Crippen LogP contribution in [0.2, 0.25) is 0 Å². The molecule has 0 unspecified atom stereocenters. The minimum Gasteiger partial charge on any atom is -0.396 e. The summed E-state index contributed by atoms with van der Waals surface area (Å²) < 4.78 is 0. The highest BCUT2D eigenvalue weighted by molar-refractivity contribution is 5.86. The number of hydrogen-bond donors (Lipinski definition) is 2. The van der Waals surface area contributed by atoms with Crippen molar-refractivity contribution in [2.75, 3.05) is 13.2 Å². The first kappa shape index (κ1) is 12.2. The van der Waals surface area contributed by atoms with Crippen molar-refractivity contribution < 1.29 is 9.90 Å². The van der Waals surface area contributed by atoms with E-state index in [1.807, 2.05) is 0 Å². The fraction of sp³-hybridized carbons (Fsp3) is 0.700. The Balaban J connectivity index is 3.74. The van der Waals surface area contributed by atoms with Gasteiger partial charge in [0, 0.05) is 13.2 Å². The molecule has 3 heteroatoms. The summed E-state index contributed by atoms with van der Waals surface area (Å²) in [6.07, 6.45) is 2.94. The van der Waals surface area contributed by atoms with Gasteiger partial charge in [-0.1, -0.05) is 20.4 Å². The van der Waals surface area contributed by atoms with Crippen molar-refractivity contribution in [1.29, 1.82) is 0 Å². The molecule has 1 amide bonds. The van der Waals surface area contributed by atoms with E-state index in [4.69, 9.17) is 5.11 Å². The first-order chi connectivity index (χ1) is 6.02. The zero-order chi connectivity index (χ0) is 10.3. The van der Waals surface area contributed by atoms with Gasteiger partial charge >= 0.3 is 0 Å². The summed E-state index contributed by atoms with van der Waals surface area (Å²) >= 11 is 0. The zero-order valence-electron chi connectivity index (χ0n) is 8.47. The predicted molar refractivity (Wildman–Crippen MR) is 53.3 cm³/mol. The lowest BCUT2D eigenvalue weighted by Crippen LogP contribution is -2.33. The largest absolute Gasteiger partial charge is 0.396 e. The van der Waals surface area contributed by atoms with Gasteiger partial charge < -0.3 is 10.4 Å². The summed E-state index contributed by atoms with van der Waals surface area (Å²) in [6.45, 7) is 8.32. The molecule has 0 atom stereocenters. The maximum Gasteiger partial charge on any atom is 0.243 e. The molecule has 0 aromatic carbocycles. The van der Waals surface area contributed by atoms with Crippen LogP contribution in [-0.4, -0.2) is 24.2 Å². The monoisotopic (exact) mass is 185 g/mol. The fourth-order valence-electron chi connectivity index (χ4n) is 1.04. The third-order valence-corrected chi connectivity index (χ3v) is 1.94. The molecular formula is C10H19NO2. The summed E-state index contributed by atoms with van der Waals surface area (Å²) in [5.41, 5.74) is 0.0431. The lowest BCUT2D eigenvalue weighted by atomic mass is 9.88. The van der Waals surface area contributed by atoms with Gasteiger partial charge in [-0.15, -0.1) is 0 Å². The van der Waals surface area contributed by atoms with Crippen molar-refractivity contribution in [3.05, 3.63) is 12.7 Å². The molecule has 0 aromatic rings. The van der Waals surface area contributed by atoms with E-state index in [0.29, 0.717) is 6.54 Å². The van der Waals surface area contributed by atoms with Gasteiger partial charge in [-0.3, -0.25) is 4.79 Å². The number of nitrogens with one attached hydrogen (secondary N) is 1. The molecule has 2 N–H and O–H groups in total. The molecule has 76 valence electrons. The molecule has 0 saturated carbocycles. The Labute approximate surface area is 79.8 Å². The first-order valence-electron chi connectivity index (χ1n) is 4.53. The molecular weight excluding hydrogens is 166 g/mol. The van der Waals surface area contributed by atoms with Crippen LogP contribution in [0.1, 0.15) is 26.7 Å². The van der Waals surface area contributed by atoms with Crippen molar-refractivity contribution >= 4 is 5.91 Å². The van der Waals surface area contributed by atoms with Crippen LogP contribution < -0.4 is 5.32 Å². The minimum absolute atomic E-state index is 0.0431. The topological polar surface area (TPSA) is 49.3 Å². The second kappa shape index (κ2) is 5.75. The Morgan fingerprint density at radius 1 is 1.62 bits per heavy atom. The van der Waals surface area contributed by atoms with Crippen molar-refractivity contribution in [1.82, 2.24) is 5.32 Å². The highest BCUT2D eigenvalue weighted by atomic mass is 16.2. The summed E-state index contributed by atoms with van der Waals surface area (Å²) in [5.74, 6) is -0.142. The van der Waals surface area contributed by atoms with Crippen LogP contribution in [0, 0.1) is 5.41 Å². The normalized spacial score (nSPS) is 11.0. The second-order valence-electron chi connectivity index (χ2n) is 3.91. The Morgan fingerprint density at radius 3 is 2.69 bits per heavy atom. The van der Waals surface area contributed by atoms with Crippen molar-refractivity contribution in [3.8, 4) is 0 Å². The van der Waals surface area contributed by atoms with E-state index in [0.717, 1.165) is 12.8 Å². The van der Waals surface area contributed by atoms with Crippen molar-refractivity contribution in [3.63, 3.8) is 0 Å². The van der Waals surface area contributed by atoms with Crippen molar-refractivity contribution in [2.24, 2.45) is 5.41 Å². The van der Waals surface area contributed by atoms with Gasteiger partial charge in [-0.05, 0) is 24.3 Å². The average molecular weight is 185 g/mol. The Morgan fingerprint density at radius 2 is 2.23 bits per heavy atom. The van der Waals surface area contributed by atoms with Gasteiger partial charge in [-0.2, -0.15) is 0 Å². The van der Waals surface area contributed by atoms with Gasteiger partial charge in [0.15, 0.2) is 0 Å². The van der Waals surface area contributed by atoms with E-state index in [2.05, 4.69) is 25.7 Å². The number of rotatable bonds is 6. The summed E-state index contributed by atoms with van der Waals surface area (Å²) in [5, 5.41) is 11.4. The smallest absolute Gasteiger partial charge is 0.243 e. The Kier molecular flexibility index (Phi) is 5.39. The number of aliphatic hydroxyl groups excluding tert-OH is 1. The number of carbonyl (C=O) groups is 1. The maximum atomic E-state index is 10.9. The highest BCUT2D eigenvalue weighted by Crippen LogP contribution is 2.20. The predicted octanol–water partition coefficient (Wildman–Crippen LogP) is 1.09. The Hall–Kier alpha value is -0.830. The van der Waals surface area contributed by atoms with Gasteiger partial charge in [0.1, 0.15) is 0 Å². The standard InChI is InChI=1S/C10H19NO2/c1-4-9(13)11-8-10(2,3)6-5-7-12/h4,12H,1,5-8H2,2-3H3,(H,11,13). The van der Waals surface area contributed by atoms with E-state index in [9.17, 15) is 4.79 Å². The van der Waals surface area contributed by atoms with Crippen LogP contribution in [0.5, 0.6) is 0 Å². The van der Waals surface area contributed by atoms with Crippen LogP contribution in [-0.2, 0) is 4.79 Å². The molecule has 0 aliphatic heterocycles. The van der Waals surface area contributed by atoms with E-state index in [1.54, 1.807) is 0 Å². The molecule has 0 rings (SSSR count). The average Bonchev–Trinajstić information content (AvgIpc) is 2.11. The van der Waals surface area contributed by atoms with Gasteiger partial charge in [0.25, 0.3) is 0 Å². The number of aliphatic hydroxyl groups is 1. The second-order valence-corrected chi connectivity index (χ2v) is 3.91. The van der Waals surface area contributed by atoms with Crippen LogP contribution >= 0.6 is 0 Å². The number of amides is 1. The quantitative estimate of drug-likeness (QED) is 0.608. The van der Waals surface area contributed by atoms with Crippen LogP contribution in [0.3, 0.4) is 0 Å². The van der Waals surface area contributed by atoms with E-state index >= 15 is 0 Å². The van der Waals surface area contributed by atoms with Crippen LogP contribution in [0.25, 0.3) is 0 Å². The molecule has 0 bridgehead atoms. The molecule has 0 saturated heterocycles. The van der Waals surface area contributed by atoms with Crippen LogP contribution in [0.4, 0.5) is 0 Å². The van der Waals surface area contributed by atoms with E-state index < -0.39 is 0 Å². The van der Waals surface area contributed by atoms with Gasteiger partial charge in [0.2, 0.25) is 5.91 Å². The minimum atomic E-state index is -0.142. The molecule has 3 nitrogen and oxygen atoms in total. The third-order valence-electron chi connectivity index (χ3n) is 1.94. The summed E-state index contributed by atoms with van der Waals surface area (Å²) in [4.78, 5) is 10.9. The summed E-state index contributed by atoms with van der Waals surface area (Å²) in [7, 11) is 0. The lowest BCUT2D eigenvalue weighted by molar-refractivity contribution is -0.116. The zero-order valence-corrected chi connectivity index (χ0v) is 8.47. The molecule has 0 aromatic heterocycles. The molecule has 0 spiro atoms.